The normalized spacial score (nSPS) is 23.5. The number of aromatic nitrogens is 1. The van der Waals surface area contributed by atoms with Gasteiger partial charge < -0.3 is 24.4 Å². The van der Waals surface area contributed by atoms with E-state index < -0.39 is 40.9 Å². The molecular formula is C27H24F2N4O5. The Hall–Kier alpha value is -3.96. The molecule has 1 aromatic heterocycles. The van der Waals surface area contributed by atoms with E-state index in [0.717, 1.165) is 22.9 Å². The molecular weight excluding hydrogens is 498 g/mol. The molecule has 11 heteroatoms. The molecule has 2 aromatic carbocycles. The van der Waals surface area contributed by atoms with Crippen LogP contribution in [0.5, 0.6) is 5.75 Å². The fraction of sp³-hybridized carbons (Fsp3) is 0.333. The number of fused-ring (bicyclic) bond motifs is 3. The van der Waals surface area contributed by atoms with E-state index in [-0.39, 0.29) is 37.1 Å². The molecule has 0 saturated carbocycles. The van der Waals surface area contributed by atoms with Gasteiger partial charge in [-0.2, -0.15) is 0 Å². The van der Waals surface area contributed by atoms with E-state index in [0.29, 0.717) is 18.7 Å². The predicted octanol–water partition coefficient (Wildman–Crippen LogP) is 2.39. The van der Waals surface area contributed by atoms with Gasteiger partial charge in [0, 0.05) is 61.4 Å². The number of halogens is 2. The van der Waals surface area contributed by atoms with E-state index in [1.165, 1.54) is 16.9 Å². The fourth-order valence-electron chi connectivity index (χ4n) is 6.36. The lowest BCUT2D eigenvalue weighted by molar-refractivity contribution is -0.0196. The van der Waals surface area contributed by atoms with Crippen molar-refractivity contribution in [2.45, 2.75) is 24.9 Å². The number of nitrogens with zero attached hydrogens (tertiary/aromatic N) is 4. The molecule has 0 aliphatic carbocycles. The quantitative estimate of drug-likeness (QED) is 0.553. The topological polar surface area (TPSA) is 87.5 Å². The smallest absolute Gasteiger partial charge is 0.278 e. The molecule has 196 valence electrons. The number of benzene rings is 2. The number of anilines is 1. The van der Waals surface area contributed by atoms with Gasteiger partial charge >= 0.3 is 0 Å². The highest BCUT2D eigenvalue weighted by Gasteiger charge is 2.48. The molecule has 1 N–H and O–H groups in total. The Morgan fingerprint density at radius 3 is 2.71 bits per heavy atom. The maximum Gasteiger partial charge on any atom is 0.278 e. The number of carbonyl (C=O) groups is 1. The molecule has 0 radical (unpaired) electrons. The summed E-state index contributed by atoms with van der Waals surface area (Å²) < 4.78 is 43.1. The van der Waals surface area contributed by atoms with Crippen LogP contribution in [-0.4, -0.2) is 60.2 Å². The number of rotatable bonds is 2. The summed E-state index contributed by atoms with van der Waals surface area (Å²) in [4.78, 5) is 29.4. The van der Waals surface area contributed by atoms with Gasteiger partial charge in [-0.05, 0) is 11.6 Å². The standard InChI is InChI=1S/C27H24F2N4O5/c1-37-20-12-30-11-17-14(5-6-18(28)22(17)29)24(16-4-2-3-15(20)23(16)30)33-21-13-38-10-9-31(21)27(36)25-26(35)19(34)7-8-32(25)33/h2-8,20-21,24,35H,9-13H2,1H3. The number of pyridine rings is 1. The Kier molecular flexibility index (Phi) is 5.04. The van der Waals surface area contributed by atoms with Gasteiger partial charge in [-0.25, -0.2) is 8.78 Å². The van der Waals surface area contributed by atoms with Crippen molar-refractivity contribution in [2.75, 3.05) is 43.3 Å². The molecule has 1 saturated heterocycles. The first-order valence-corrected chi connectivity index (χ1v) is 12.4. The van der Waals surface area contributed by atoms with Gasteiger partial charge in [0.05, 0.1) is 13.2 Å². The second kappa shape index (κ2) is 8.27. The van der Waals surface area contributed by atoms with Gasteiger partial charge in [-0.3, -0.25) is 19.3 Å². The SMILES string of the molecule is COC1CN2Cc3c(ccc(F)c3F)C(N3C4COCCN4C(=O)c4c(O)c(=O)ccn43)c3cccc1c32. The van der Waals surface area contributed by atoms with Crippen LogP contribution in [0.1, 0.15) is 44.9 Å². The number of amides is 1. The van der Waals surface area contributed by atoms with Gasteiger partial charge in [0.1, 0.15) is 18.3 Å². The summed E-state index contributed by atoms with van der Waals surface area (Å²) in [5.41, 5.74) is 2.44. The highest BCUT2D eigenvalue weighted by molar-refractivity contribution is 5.96. The molecule has 1 fully saturated rings. The van der Waals surface area contributed by atoms with Crippen molar-refractivity contribution in [1.29, 1.82) is 0 Å². The molecule has 4 aliphatic rings. The molecule has 3 atom stereocenters. The minimum absolute atomic E-state index is 0.124. The van der Waals surface area contributed by atoms with E-state index in [1.807, 2.05) is 28.1 Å². The molecule has 38 heavy (non-hydrogen) atoms. The minimum atomic E-state index is -0.950. The van der Waals surface area contributed by atoms with Crippen molar-refractivity contribution in [3.8, 4) is 5.75 Å². The number of hydrogen-bond acceptors (Lipinski definition) is 7. The molecule has 9 nitrogen and oxygen atoms in total. The molecule has 4 aliphatic heterocycles. The van der Waals surface area contributed by atoms with Gasteiger partial charge in [0.2, 0.25) is 5.43 Å². The van der Waals surface area contributed by atoms with E-state index in [1.54, 1.807) is 18.1 Å². The fourth-order valence-corrected chi connectivity index (χ4v) is 6.36. The zero-order valence-electron chi connectivity index (χ0n) is 20.4. The summed E-state index contributed by atoms with van der Waals surface area (Å²) in [7, 11) is 1.62. The van der Waals surface area contributed by atoms with Gasteiger partial charge in [0.15, 0.2) is 23.1 Å². The molecule has 7 rings (SSSR count). The maximum absolute atomic E-state index is 15.5. The highest BCUT2D eigenvalue weighted by atomic mass is 19.2. The second-order valence-corrected chi connectivity index (χ2v) is 9.88. The van der Waals surface area contributed by atoms with Crippen molar-refractivity contribution in [2.24, 2.45) is 0 Å². The van der Waals surface area contributed by atoms with Crippen LogP contribution in [0.2, 0.25) is 0 Å². The van der Waals surface area contributed by atoms with Crippen molar-refractivity contribution in [3.63, 3.8) is 0 Å². The van der Waals surface area contributed by atoms with Gasteiger partial charge in [-0.15, -0.1) is 0 Å². The third-order valence-corrected chi connectivity index (χ3v) is 8.04. The molecule has 0 spiro atoms. The Labute approximate surface area is 216 Å². The lowest BCUT2D eigenvalue weighted by atomic mass is 9.91. The highest BCUT2D eigenvalue weighted by Crippen LogP contribution is 2.49. The van der Waals surface area contributed by atoms with Crippen molar-refractivity contribution < 1.29 is 28.2 Å². The molecule has 3 aromatic rings. The Balaban J connectivity index is 1.56. The zero-order chi connectivity index (χ0) is 26.3. The Bertz CT molecular complexity index is 1560. The summed E-state index contributed by atoms with van der Waals surface area (Å²) in [6.07, 6.45) is 0.539. The first-order chi connectivity index (χ1) is 18.4. The average Bonchev–Trinajstić information content (AvgIpc) is 3.22. The largest absolute Gasteiger partial charge is 0.502 e. The van der Waals surface area contributed by atoms with Crippen LogP contribution in [0.25, 0.3) is 0 Å². The summed E-state index contributed by atoms with van der Waals surface area (Å²) in [6.45, 7) is 1.27. The number of aromatic hydroxyl groups is 1. The lowest BCUT2D eigenvalue weighted by Crippen LogP contribution is -2.66. The number of ether oxygens (including phenoxy) is 2. The first-order valence-electron chi connectivity index (χ1n) is 12.4. The average molecular weight is 523 g/mol. The van der Waals surface area contributed by atoms with Gasteiger partial charge in [0.25, 0.3) is 5.91 Å². The maximum atomic E-state index is 15.5. The van der Waals surface area contributed by atoms with Crippen LogP contribution in [0.3, 0.4) is 0 Å². The third kappa shape index (κ3) is 3.02. The number of methoxy groups -OCH3 is 1. The number of carbonyl (C=O) groups excluding carboxylic acids is 1. The van der Waals surface area contributed by atoms with E-state index in [2.05, 4.69) is 0 Å². The van der Waals surface area contributed by atoms with E-state index in [4.69, 9.17) is 9.47 Å². The van der Waals surface area contributed by atoms with Crippen molar-refractivity contribution in [3.05, 3.63) is 92.4 Å². The number of morpholine rings is 1. The molecule has 1 amide bonds. The van der Waals surface area contributed by atoms with Gasteiger partial charge in [-0.1, -0.05) is 24.3 Å². The Morgan fingerprint density at radius 2 is 1.89 bits per heavy atom. The number of para-hydroxylation sites is 1. The van der Waals surface area contributed by atoms with Crippen LogP contribution in [0.4, 0.5) is 14.5 Å². The van der Waals surface area contributed by atoms with Crippen LogP contribution in [-0.2, 0) is 16.0 Å². The van der Waals surface area contributed by atoms with Crippen LogP contribution in [0, 0.1) is 11.6 Å². The molecule has 5 heterocycles. The second-order valence-electron chi connectivity index (χ2n) is 9.88. The summed E-state index contributed by atoms with van der Waals surface area (Å²) >= 11 is 0. The van der Waals surface area contributed by atoms with Crippen LogP contribution < -0.4 is 15.3 Å². The monoisotopic (exact) mass is 522 g/mol. The van der Waals surface area contributed by atoms with Crippen molar-refractivity contribution in [1.82, 2.24) is 9.58 Å². The minimum Gasteiger partial charge on any atom is -0.502 e. The predicted molar refractivity (Wildman–Crippen MR) is 132 cm³/mol. The zero-order valence-corrected chi connectivity index (χ0v) is 20.4. The summed E-state index contributed by atoms with van der Waals surface area (Å²) in [5, 5.41) is 12.6. The van der Waals surface area contributed by atoms with Crippen LogP contribution >= 0.6 is 0 Å². The van der Waals surface area contributed by atoms with E-state index >= 15 is 4.39 Å². The number of hydrogen-bond donors (Lipinski definition) is 1. The van der Waals surface area contributed by atoms with Crippen LogP contribution in [0.15, 0.2) is 47.4 Å². The lowest BCUT2D eigenvalue weighted by Gasteiger charge is -2.51. The molecule has 0 bridgehead atoms. The third-order valence-electron chi connectivity index (χ3n) is 8.04. The van der Waals surface area contributed by atoms with E-state index in [9.17, 15) is 19.1 Å². The summed E-state index contributed by atoms with van der Waals surface area (Å²) in [5.74, 6) is -3.04. The molecule has 3 unspecified atom stereocenters. The first kappa shape index (κ1) is 23.2. The summed E-state index contributed by atoms with van der Waals surface area (Å²) in [6, 6.07) is 8.93. The Morgan fingerprint density at radius 1 is 1.08 bits per heavy atom. The van der Waals surface area contributed by atoms with Crippen molar-refractivity contribution >= 4 is 11.6 Å².